The van der Waals surface area contributed by atoms with Crippen molar-refractivity contribution in [3.63, 3.8) is 0 Å². The highest BCUT2D eigenvalue weighted by atomic mass is 19.1. The lowest BCUT2D eigenvalue weighted by molar-refractivity contribution is -0.119. The van der Waals surface area contributed by atoms with Crippen LogP contribution in [-0.2, 0) is 14.3 Å². The van der Waals surface area contributed by atoms with Crippen molar-refractivity contribution in [1.82, 2.24) is 14.4 Å². The Bertz CT molecular complexity index is 1050. The van der Waals surface area contributed by atoms with Gasteiger partial charge in [0.2, 0.25) is 11.7 Å². The zero-order valence-corrected chi connectivity index (χ0v) is 16.1. The van der Waals surface area contributed by atoms with Crippen LogP contribution in [0.25, 0.3) is 17.0 Å². The van der Waals surface area contributed by atoms with Crippen molar-refractivity contribution in [2.75, 3.05) is 24.4 Å². The quantitative estimate of drug-likeness (QED) is 0.657. The molecule has 0 atom stereocenters. The predicted octanol–water partition coefficient (Wildman–Crippen LogP) is 3.08. The molecule has 0 spiro atoms. The molecule has 2 amide bonds. The first-order chi connectivity index (χ1) is 13.9. The fourth-order valence-corrected chi connectivity index (χ4v) is 2.57. The number of hydrogen-bond donors (Lipinski definition) is 2. The Morgan fingerprint density at radius 1 is 1.21 bits per heavy atom. The molecule has 0 aliphatic rings. The zero-order valence-electron chi connectivity index (χ0n) is 16.1. The number of nitrogens with zero attached hydrogens (tertiary/aromatic N) is 3. The van der Waals surface area contributed by atoms with Crippen LogP contribution < -0.4 is 10.6 Å². The molecule has 2 heterocycles. The number of imidazole rings is 1. The van der Waals surface area contributed by atoms with Crippen molar-refractivity contribution in [3.05, 3.63) is 42.6 Å². The molecule has 0 saturated carbocycles. The Morgan fingerprint density at radius 2 is 2.00 bits per heavy atom. The monoisotopic (exact) mass is 401 g/mol. The smallest absolute Gasteiger partial charge is 0.411 e. The molecule has 1 aromatic carbocycles. The summed E-state index contributed by atoms with van der Waals surface area (Å²) in [5.41, 5.74) is 1.32. The van der Waals surface area contributed by atoms with Crippen LogP contribution in [0.5, 0.6) is 0 Å². The molecule has 0 radical (unpaired) electrons. The third-order valence-electron chi connectivity index (χ3n) is 3.70. The first kappa shape index (κ1) is 20.2. The Morgan fingerprint density at radius 3 is 2.72 bits per heavy atom. The van der Waals surface area contributed by atoms with E-state index in [4.69, 9.17) is 9.47 Å². The number of carbonyl (C=O) groups excluding carboxylic acids is 2. The minimum absolute atomic E-state index is 0.111. The Labute approximate surface area is 165 Å². The molecule has 29 heavy (non-hydrogen) atoms. The van der Waals surface area contributed by atoms with Gasteiger partial charge in [0.25, 0.3) is 0 Å². The van der Waals surface area contributed by atoms with Crippen molar-refractivity contribution in [2.45, 2.75) is 20.0 Å². The summed E-state index contributed by atoms with van der Waals surface area (Å²) in [6, 6.07) is 4.16. The van der Waals surface area contributed by atoms with E-state index in [1.165, 1.54) is 31.5 Å². The van der Waals surface area contributed by atoms with E-state index >= 15 is 0 Å². The van der Waals surface area contributed by atoms with E-state index in [0.29, 0.717) is 22.8 Å². The molecular weight excluding hydrogens is 381 g/mol. The first-order valence-electron chi connectivity index (χ1n) is 8.77. The van der Waals surface area contributed by atoms with Crippen molar-refractivity contribution >= 4 is 29.2 Å². The highest BCUT2D eigenvalue weighted by molar-refractivity contribution is 5.92. The molecule has 0 aliphatic heterocycles. The second kappa shape index (κ2) is 8.65. The van der Waals surface area contributed by atoms with Gasteiger partial charge in [0.15, 0.2) is 0 Å². The van der Waals surface area contributed by atoms with Crippen molar-refractivity contribution in [3.8, 4) is 11.3 Å². The Kier molecular flexibility index (Phi) is 6.03. The molecule has 0 aliphatic carbocycles. The van der Waals surface area contributed by atoms with Crippen LogP contribution in [-0.4, -0.2) is 46.2 Å². The predicted molar refractivity (Wildman–Crippen MR) is 104 cm³/mol. The van der Waals surface area contributed by atoms with Crippen LogP contribution in [0.2, 0.25) is 0 Å². The summed E-state index contributed by atoms with van der Waals surface area (Å²) in [7, 11) is 1.41. The summed E-state index contributed by atoms with van der Waals surface area (Å²) in [6.45, 7) is 3.37. The van der Waals surface area contributed by atoms with Gasteiger partial charge in [-0.25, -0.2) is 19.2 Å². The summed E-state index contributed by atoms with van der Waals surface area (Å²) >= 11 is 0. The molecule has 3 aromatic rings. The van der Waals surface area contributed by atoms with Crippen LogP contribution in [0.3, 0.4) is 0 Å². The maximum absolute atomic E-state index is 14.4. The molecule has 0 saturated heterocycles. The summed E-state index contributed by atoms with van der Waals surface area (Å²) in [4.78, 5) is 31.9. The lowest BCUT2D eigenvalue weighted by atomic mass is 10.1. The number of anilines is 2. The third-order valence-corrected chi connectivity index (χ3v) is 3.70. The van der Waals surface area contributed by atoms with Gasteiger partial charge >= 0.3 is 6.09 Å². The second-order valence-corrected chi connectivity index (χ2v) is 6.43. The SMILES string of the molecule is COCC(=O)Nc1ccc(F)c(-c2cn3cc(NC(=O)OC(C)C)cnc3n2)c1. The number of methoxy groups -OCH3 is 1. The largest absolute Gasteiger partial charge is 0.447 e. The Balaban J connectivity index is 1.86. The lowest BCUT2D eigenvalue weighted by Gasteiger charge is -2.09. The second-order valence-electron chi connectivity index (χ2n) is 6.43. The molecule has 10 heteroatoms. The number of nitrogens with one attached hydrogen (secondary N) is 2. The van der Waals surface area contributed by atoms with Crippen LogP contribution in [0, 0.1) is 5.82 Å². The number of aromatic nitrogens is 3. The number of carbonyl (C=O) groups is 2. The third kappa shape index (κ3) is 5.05. The number of ether oxygens (including phenoxy) is 2. The molecule has 0 bridgehead atoms. The molecule has 9 nitrogen and oxygen atoms in total. The number of fused-ring (bicyclic) bond motifs is 1. The van der Waals surface area contributed by atoms with Gasteiger partial charge in [0, 0.05) is 30.8 Å². The topological polar surface area (TPSA) is 107 Å². The van der Waals surface area contributed by atoms with Crippen LogP contribution >= 0.6 is 0 Å². The van der Waals surface area contributed by atoms with Crippen molar-refractivity contribution in [2.24, 2.45) is 0 Å². The van der Waals surface area contributed by atoms with Crippen LogP contribution in [0.15, 0.2) is 36.8 Å². The van der Waals surface area contributed by atoms with E-state index < -0.39 is 11.9 Å². The molecule has 2 aromatic heterocycles. The van der Waals surface area contributed by atoms with E-state index in [2.05, 4.69) is 20.6 Å². The molecule has 0 fully saturated rings. The van der Waals surface area contributed by atoms with Crippen LogP contribution in [0.1, 0.15) is 13.8 Å². The molecule has 3 rings (SSSR count). The minimum atomic E-state index is -0.605. The molecule has 152 valence electrons. The number of benzene rings is 1. The van der Waals surface area contributed by atoms with Gasteiger partial charge in [0.05, 0.1) is 23.7 Å². The first-order valence-corrected chi connectivity index (χ1v) is 8.77. The Hall–Kier alpha value is -3.53. The van der Waals surface area contributed by atoms with E-state index in [-0.39, 0.29) is 24.2 Å². The van der Waals surface area contributed by atoms with Crippen LogP contribution in [0.4, 0.5) is 20.6 Å². The lowest BCUT2D eigenvalue weighted by Crippen LogP contribution is -2.18. The van der Waals surface area contributed by atoms with Crippen molar-refractivity contribution in [1.29, 1.82) is 0 Å². The van der Waals surface area contributed by atoms with Gasteiger partial charge in [-0.3, -0.25) is 14.5 Å². The van der Waals surface area contributed by atoms with E-state index in [0.717, 1.165) is 0 Å². The maximum Gasteiger partial charge on any atom is 0.411 e. The normalized spacial score (nSPS) is 10.9. The minimum Gasteiger partial charge on any atom is -0.447 e. The van der Waals surface area contributed by atoms with E-state index in [1.807, 2.05) is 0 Å². The molecular formula is C19H20FN5O4. The molecule has 0 unspecified atom stereocenters. The number of rotatable bonds is 6. The van der Waals surface area contributed by atoms with Gasteiger partial charge < -0.3 is 14.8 Å². The summed E-state index contributed by atoms with van der Waals surface area (Å²) in [5, 5.41) is 5.18. The summed E-state index contributed by atoms with van der Waals surface area (Å²) in [6.07, 6.45) is 3.72. The van der Waals surface area contributed by atoms with Gasteiger partial charge in [-0.2, -0.15) is 0 Å². The number of hydrogen-bond acceptors (Lipinski definition) is 6. The van der Waals surface area contributed by atoms with Crippen molar-refractivity contribution < 1.29 is 23.5 Å². The number of halogens is 1. The average molecular weight is 401 g/mol. The van der Waals surface area contributed by atoms with Gasteiger partial charge in [0.1, 0.15) is 12.4 Å². The fraction of sp³-hybridized carbons (Fsp3) is 0.263. The van der Waals surface area contributed by atoms with Gasteiger partial charge in [-0.1, -0.05) is 0 Å². The van der Waals surface area contributed by atoms with E-state index in [9.17, 15) is 14.0 Å². The zero-order chi connectivity index (χ0) is 21.0. The summed E-state index contributed by atoms with van der Waals surface area (Å²) in [5.74, 6) is -0.543. The highest BCUT2D eigenvalue weighted by Crippen LogP contribution is 2.26. The standard InChI is InChI=1S/C19H20FN5O4/c1-11(2)29-19(27)23-13-7-21-18-24-16(9-25(18)8-13)14-6-12(4-5-15(14)20)22-17(26)10-28-3/h4-9,11H,10H2,1-3H3,(H,22,26)(H,23,27). The van der Waals surface area contributed by atoms with Gasteiger partial charge in [-0.05, 0) is 32.0 Å². The summed E-state index contributed by atoms with van der Waals surface area (Å²) < 4.78 is 25.7. The molecule has 2 N–H and O–H groups in total. The van der Waals surface area contributed by atoms with E-state index in [1.54, 1.807) is 30.6 Å². The maximum atomic E-state index is 14.4. The fourth-order valence-electron chi connectivity index (χ4n) is 2.57. The average Bonchev–Trinajstić information content (AvgIpc) is 3.05. The van der Waals surface area contributed by atoms with Gasteiger partial charge in [-0.15, -0.1) is 0 Å². The number of amides is 2. The highest BCUT2D eigenvalue weighted by Gasteiger charge is 2.13.